The summed E-state index contributed by atoms with van der Waals surface area (Å²) >= 11 is 12.2. The van der Waals surface area contributed by atoms with Crippen molar-refractivity contribution in [3.63, 3.8) is 0 Å². The predicted octanol–water partition coefficient (Wildman–Crippen LogP) is 11.9. The molecule has 0 radical (unpaired) electrons. The number of hydrogen-bond donors (Lipinski definition) is 2. The van der Waals surface area contributed by atoms with Crippen LogP contribution >= 0.6 is 23.2 Å². The predicted molar refractivity (Wildman–Crippen MR) is 240 cm³/mol. The molecule has 0 fully saturated rings. The normalized spacial score (nSPS) is 11.5. The molecule has 8 aromatic rings. The second-order valence-electron chi connectivity index (χ2n) is 14.5. The van der Waals surface area contributed by atoms with E-state index in [0.29, 0.717) is 9.36 Å². The summed E-state index contributed by atoms with van der Waals surface area (Å²) in [6.45, 7) is 3.94. The number of hydrogen-bond acceptors (Lipinski definition) is 12. The number of alkyl halides is 6. The van der Waals surface area contributed by atoms with Gasteiger partial charge in [0.1, 0.15) is 34.1 Å². The minimum Gasteiger partial charge on any atom is -0.462 e. The molecule has 0 aliphatic carbocycles. The lowest BCUT2D eigenvalue weighted by molar-refractivity contribution is -0.143. The first-order valence-corrected chi connectivity index (χ1v) is 21.2. The van der Waals surface area contributed by atoms with Crippen LogP contribution in [0.15, 0.2) is 106 Å². The first-order valence-electron chi connectivity index (χ1n) is 20.4. The molecule has 0 atom stereocenters. The number of halogens is 10. The molecule has 0 aliphatic rings. The summed E-state index contributed by atoms with van der Waals surface area (Å²) in [7, 11) is 0. The lowest BCUT2D eigenvalue weighted by Gasteiger charge is -2.15. The molecule has 0 saturated carbocycles. The number of nitrogens with one attached hydrogen (secondary N) is 1. The standard InChI is InChI=1S/C24H17ClF4N4O4.C22H15ClF4N4O3/c1-3-36-23(35)19-20(18-14(25)7-6-8-15(18)26)32-37-21(19)13-11-30-33(22(13)24(27,28)29)17-10-5-4-9-16(17)31-12(2)34;1-2-33-21(32)17-18(16-12(23)6-5-7-13(16)24)30-34-19(17)11-10-29-31(20(11)22(25,26)27)15-9-4-3-8-14(15)28/h4-11H,3H2,1-2H3,(H,31,34);3-10H,2,28H2,1H3. The van der Waals surface area contributed by atoms with Crippen LogP contribution in [-0.2, 0) is 26.6 Å². The van der Waals surface area contributed by atoms with E-state index in [2.05, 4.69) is 25.8 Å². The molecule has 0 spiro atoms. The fourth-order valence-corrected chi connectivity index (χ4v) is 7.60. The zero-order valence-corrected chi connectivity index (χ0v) is 38.1. The summed E-state index contributed by atoms with van der Waals surface area (Å²) in [6.07, 6.45) is -8.30. The molecule has 3 N–H and O–H groups in total. The summed E-state index contributed by atoms with van der Waals surface area (Å²) in [4.78, 5) is 37.3. The van der Waals surface area contributed by atoms with Crippen molar-refractivity contribution in [3.05, 3.63) is 142 Å². The highest BCUT2D eigenvalue weighted by atomic mass is 35.5. The zero-order valence-electron chi connectivity index (χ0n) is 36.5. The zero-order chi connectivity index (χ0) is 51.5. The Bertz CT molecular complexity index is 3270. The van der Waals surface area contributed by atoms with Gasteiger partial charge in [-0.05, 0) is 62.4 Å². The average molecular weight is 1030 g/mol. The lowest BCUT2D eigenvalue weighted by Crippen LogP contribution is -2.17. The van der Waals surface area contributed by atoms with Gasteiger partial charge in [0.2, 0.25) is 5.91 Å². The molecule has 15 nitrogen and oxygen atoms in total. The highest BCUT2D eigenvalue weighted by Gasteiger charge is 2.44. The van der Waals surface area contributed by atoms with Gasteiger partial charge in [0.05, 0.1) is 80.7 Å². The maximum Gasteiger partial charge on any atom is 0.434 e. The molecule has 4 heterocycles. The number of carbonyl (C=O) groups is 3. The largest absolute Gasteiger partial charge is 0.462 e. The van der Waals surface area contributed by atoms with Gasteiger partial charge >= 0.3 is 24.3 Å². The van der Waals surface area contributed by atoms with Crippen molar-refractivity contribution in [2.45, 2.75) is 33.1 Å². The Morgan fingerprint density at radius 3 is 1.48 bits per heavy atom. The molecular weight excluding hydrogens is 999 g/mol. The number of ether oxygens (including phenoxy) is 2. The van der Waals surface area contributed by atoms with Crippen molar-refractivity contribution in [1.29, 1.82) is 0 Å². The fourth-order valence-electron chi connectivity index (χ4n) is 7.10. The van der Waals surface area contributed by atoms with Crippen molar-refractivity contribution in [2.24, 2.45) is 0 Å². The molecule has 0 aliphatic heterocycles. The van der Waals surface area contributed by atoms with Gasteiger partial charge in [0.25, 0.3) is 0 Å². The van der Waals surface area contributed by atoms with Crippen molar-refractivity contribution in [2.75, 3.05) is 24.3 Å². The van der Waals surface area contributed by atoms with Crippen molar-refractivity contribution >= 4 is 52.4 Å². The lowest BCUT2D eigenvalue weighted by atomic mass is 10.0. The number of rotatable bonds is 11. The van der Waals surface area contributed by atoms with Gasteiger partial charge in [0.15, 0.2) is 22.9 Å². The number of benzene rings is 4. The summed E-state index contributed by atoms with van der Waals surface area (Å²) < 4.78 is 137. The molecule has 1 amide bonds. The topological polar surface area (TPSA) is 195 Å². The highest BCUT2D eigenvalue weighted by Crippen LogP contribution is 2.46. The molecule has 368 valence electrons. The molecule has 0 saturated heterocycles. The third-order valence-electron chi connectivity index (χ3n) is 9.92. The number of nitrogens with zero attached hydrogens (tertiary/aromatic N) is 6. The summed E-state index contributed by atoms with van der Waals surface area (Å²) in [5, 5.41) is 17.2. The minimum absolute atomic E-state index is 0.0321. The monoisotopic (exact) mass is 1030 g/mol. The fraction of sp³-hybridized carbons (Fsp3) is 0.152. The second kappa shape index (κ2) is 20.5. The van der Waals surface area contributed by atoms with Gasteiger partial charge in [-0.1, -0.05) is 69.9 Å². The summed E-state index contributed by atoms with van der Waals surface area (Å²) in [6, 6.07) is 18.9. The second-order valence-corrected chi connectivity index (χ2v) is 15.3. The van der Waals surface area contributed by atoms with Gasteiger partial charge in [-0.15, -0.1) is 0 Å². The smallest absolute Gasteiger partial charge is 0.434 e. The van der Waals surface area contributed by atoms with E-state index >= 15 is 0 Å². The molecular formula is C46H32Cl2F8N8O7. The van der Waals surface area contributed by atoms with E-state index < -0.39 is 98.4 Å². The third-order valence-corrected chi connectivity index (χ3v) is 10.5. The Labute approximate surface area is 404 Å². The molecule has 0 unspecified atom stereocenters. The minimum atomic E-state index is -5.02. The first kappa shape index (κ1) is 50.8. The number of nitrogen functional groups attached to an aromatic ring is 1. The summed E-state index contributed by atoms with van der Waals surface area (Å²) in [5.41, 5.74) is -0.720. The van der Waals surface area contributed by atoms with E-state index in [1.165, 1.54) is 87.5 Å². The van der Waals surface area contributed by atoms with E-state index in [1.807, 2.05) is 0 Å². The van der Waals surface area contributed by atoms with Crippen LogP contribution in [0.3, 0.4) is 0 Å². The van der Waals surface area contributed by atoms with E-state index in [0.717, 1.165) is 24.5 Å². The number of anilines is 2. The van der Waals surface area contributed by atoms with Crippen LogP contribution in [0.25, 0.3) is 56.5 Å². The Morgan fingerprint density at radius 2 is 1.07 bits per heavy atom. The van der Waals surface area contributed by atoms with Crippen LogP contribution in [0.2, 0.25) is 10.0 Å². The van der Waals surface area contributed by atoms with E-state index in [4.69, 9.17) is 47.5 Å². The number of esters is 2. The van der Waals surface area contributed by atoms with Crippen molar-refractivity contribution < 1.29 is 68.0 Å². The number of amides is 1. The Hall–Kier alpha value is -8.05. The van der Waals surface area contributed by atoms with Gasteiger partial charge in [-0.2, -0.15) is 36.5 Å². The van der Waals surface area contributed by atoms with Gasteiger partial charge in [-0.3, -0.25) is 4.79 Å². The maximum absolute atomic E-state index is 14.7. The highest BCUT2D eigenvalue weighted by molar-refractivity contribution is 6.34. The van der Waals surface area contributed by atoms with Crippen molar-refractivity contribution in [1.82, 2.24) is 29.9 Å². The third kappa shape index (κ3) is 10.2. The molecule has 4 aromatic carbocycles. The molecule has 8 rings (SSSR count). The van der Waals surface area contributed by atoms with Crippen LogP contribution in [0.5, 0.6) is 0 Å². The first-order chi connectivity index (χ1) is 33.7. The van der Waals surface area contributed by atoms with Crippen molar-refractivity contribution in [3.8, 4) is 56.5 Å². The van der Waals surface area contributed by atoms with E-state index in [9.17, 15) is 49.5 Å². The molecule has 71 heavy (non-hydrogen) atoms. The molecule has 0 bridgehead atoms. The average Bonchev–Trinajstić information content (AvgIpc) is 4.12. The van der Waals surface area contributed by atoms with E-state index in [1.54, 1.807) is 6.07 Å². The summed E-state index contributed by atoms with van der Waals surface area (Å²) in [5.74, 6) is -5.69. The number of carbonyl (C=O) groups excluding carboxylic acids is 3. The van der Waals surface area contributed by atoms with E-state index in [-0.39, 0.29) is 57.1 Å². The Morgan fingerprint density at radius 1 is 0.648 bits per heavy atom. The van der Waals surface area contributed by atoms with Crippen LogP contribution < -0.4 is 11.1 Å². The van der Waals surface area contributed by atoms with Crippen LogP contribution in [0.1, 0.15) is 52.9 Å². The van der Waals surface area contributed by atoms with Gasteiger partial charge < -0.3 is 29.6 Å². The Balaban J connectivity index is 0.000000209. The molecule has 25 heteroatoms. The van der Waals surface area contributed by atoms with Gasteiger partial charge in [0, 0.05) is 6.92 Å². The van der Waals surface area contributed by atoms with Crippen LogP contribution in [0, 0.1) is 11.6 Å². The quantitative estimate of drug-likeness (QED) is 0.0708. The maximum atomic E-state index is 14.7. The number of para-hydroxylation sites is 4. The van der Waals surface area contributed by atoms with Crippen LogP contribution in [0.4, 0.5) is 46.5 Å². The number of nitrogens with two attached hydrogens (primary N) is 1. The number of aromatic nitrogens is 6. The van der Waals surface area contributed by atoms with Crippen LogP contribution in [-0.4, -0.2) is 60.9 Å². The SMILES string of the molecule is CCOC(=O)c1c(-c2c(F)cccc2Cl)noc1-c1cnn(-c2ccccc2N)c1C(F)(F)F.CCOC(=O)c1c(-c2c(F)cccc2Cl)noc1-c1cnn(-c2ccccc2NC(C)=O)c1C(F)(F)F. The van der Waals surface area contributed by atoms with Gasteiger partial charge in [-0.25, -0.2) is 27.7 Å². The molecule has 4 aromatic heterocycles. The Kier molecular flexibility index (Phi) is 14.7.